The van der Waals surface area contributed by atoms with E-state index in [1.165, 1.54) is 34.1 Å². The molecule has 4 aromatic rings. The number of carbonyl (C=O) groups is 4. The highest BCUT2D eigenvalue weighted by atomic mass is 79.9. The fourth-order valence-corrected chi connectivity index (χ4v) is 5.22. The highest BCUT2D eigenvalue weighted by Gasteiger charge is 2.36. The standard InChI is InChI=1S/C31H26FN6O4.BrH/c32-21-11-13-22(14-12-21)33-34-31-35(15-5-17-37-27(39)23-7-1-2-8-24(23)28(37)40)19-20-36(31)16-6-18-38-29(41)25-9-3-4-10-26(25)30(38)42;/h1-4,7-14,19-20H,5-6,15-18H2;1H/q+1;/p-1. The zero-order chi connectivity index (χ0) is 29.2. The lowest BCUT2D eigenvalue weighted by Crippen LogP contribution is -3.00. The minimum Gasteiger partial charge on any atom is -1.00 e. The molecule has 12 heteroatoms. The third kappa shape index (κ3) is 5.78. The van der Waals surface area contributed by atoms with Crippen molar-refractivity contribution in [2.75, 3.05) is 13.1 Å². The molecular weight excluding hydrogens is 619 g/mol. The topological polar surface area (TPSA) is 108 Å². The molecule has 0 unspecified atom stereocenters. The zero-order valence-corrected chi connectivity index (χ0v) is 24.5. The van der Waals surface area contributed by atoms with Crippen LogP contribution in [0.1, 0.15) is 54.3 Å². The van der Waals surface area contributed by atoms with Crippen molar-refractivity contribution >= 4 is 35.3 Å². The summed E-state index contributed by atoms with van der Waals surface area (Å²) in [7, 11) is 0. The maximum absolute atomic E-state index is 13.4. The number of fused-ring (bicyclic) bond motifs is 2. The third-order valence-electron chi connectivity index (χ3n) is 7.34. The summed E-state index contributed by atoms with van der Waals surface area (Å²) in [6.45, 7) is 1.35. The molecule has 2 aliphatic heterocycles. The first kappa shape index (κ1) is 29.6. The van der Waals surface area contributed by atoms with Gasteiger partial charge in [-0.05, 0) is 61.4 Å². The second-order valence-electron chi connectivity index (χ2n) is 9.98. The Labute approximate surface area is 256 Å². The number of nitrogens with zero attached hydrogens (tertiary/aromatic N) is 6. The molecule has 3 aromatic carbocycles. The number of benzene rings is 3. The highest BCUT2D eigenvalue weighted by molar-refractivity contribution is 6.22. The van der Waals surface area contributed by atoms with Crippen molar-refractivity contribution in [3.63, 3.8) is 0 Å². The zero-order valence-electron chi connectivity index (χ0n) is 22.9. The van der Waals surface area contributed by atoms with E-state index in [9.17, 15) is 23.6 Å². The van der Waals surface area contributed by atoms with Crippen LogP contribution in [0.15, 0.2) is 95.4 Å². The number of aryl methyl sites for hydroxylation is 2. The van der Waals surface area contributed by atoms with E-state index in [0.717, 1.165) is 0 Å². The number of imide groups is 2. The van der Waals surface area contributed by atoms with Gasteiger partial charge in [0.25, 0.3) is 23.6 Å². The van der Waals surface area contributed by atoms with E-state index in [2.05, 4.69) is 10.2 Å². The van der Waals surface area contributed by atoms with Crippen molar-refractivity contribution in [1.82, 2.24) is 14.4 Å². The van der Waals surface area contributed by atoms with Crippen LogP contribution in [-0.4, -0.2) is 51.1 Å². The average molecular weight is 645 g/mol. The van der Waals surface area contributed by atoms with E-state index in [4.69, 9.17) is 0 Å². The summed E-state index contributed by atoms with van der Waals surface area (Å²) < 4.78 is 17.1. The molecule has 0 aliphatic carbocycles. The molecule has 6 rings (SSSR count). The van der Waals surface area contributed by atoms with Crippen molar-refractivity contribution in [3.8, 4) is 0 Å². The molecule has 2 aliphatic rings. The number of amides is 4. The minimum atomic E-state index is -0.381. The normalized spacial score (nSPS) is 14.1. The molecule has 218 valence electrons. The van der Waals surface area contributed by atoms with E-state index >= 15 is 0 Å². The lowest BCUT2D eigenvalue weighted by Gasteiger charge is -2.13. The van der Waals surface area contributed by atoms with Crippen LogP contribution in [0.5, 0.6) is 0 Å². The second kappa shape index (κ2) is 12.6. The number of rotatable bonds is 10. The Morgan fingerprint density at radius 3 is 1.63 bits per heavy atom. The van der Waals surface area contributed by atoms with Gasteiger partial charge in [0, 0.05) is 18.2 Å². The summed E-state index contributed by atoms with van der Waals surface area (Å²) in [6, 6.07) is 19.2. The first-order valence-electron chi connectivity index (χ1n) is 13.6. The van der Waals surface area contributed by atoms with Gasteiger partial charge in [0.05, 0.1) is 47.7 Å². The van der Waals surface area contributed by atoms with Crippen LogP contribution in [0.4, 0.5) is 16.0 Å². The molecule has 0 saturated heterocycles. The van der Waals surface area contributed by atoms with Crippen LogP contribution in [0, 0.1) is 5.82 Å². The van der Waals surface area contributed by atoms with Gasteiger partial charge in [0.1, 0.15) is 11.5 Å². The second-order valence-corrected chi connectivity index (χ2v) is 9.98. The van der Waals surface area contributed by atoms with Gasteiger partial charge in [-0.25, -0.2) is 13.5 Å². The SMILES string of the molecule is O=C1c2ccccc2C(=O)N1CCCn1cc[n+](CCCN2C(=O)c3ccccc3C2=O)c1/N=N/c1ccc(F)cc1.[Br-]. The molecule has 1 aromatic heterocycles. The summed E-state index contributed by atoms with van der Waals surface area (Å²) in [5.74, 6) is -1.10. The molecular formula is C31H26BrFN6O4. The molecule has 0 N–H and O–H groups in total. The predicted octanol–water partition coefficient (Wildman–Crippen LogP) is 1.71. The number of azo groups is 1. The van der Waals surface area contributed by atoms with Crippen LogP contribution in [-0.2, 0) is 13.1 Å². The predicted molar refractivity (Wildman–Crippen MR) is 148 cm³/mol. The summed E-state index contributed by atoms with van der Waals surface area (Å²) >= 11 is 0. The van der Waals surface area contributed by atoms with Crippen molar-refractivity contribution in [3.05, 3.63) is 113 Å². The van der Waals surface area contributed by atoms with Gasteiger partial charge in [-0.2, -0.15) is 0 Å². The van der Waals surface area contributed by atoms with Gasteiger partial charge in [-0.3, -0.25) is 29.0 Å². The summed E-state index contributed by atoms with van der Waals surface area (Å²) in [6.07, 6.45) is 4.61. The number of hydrogen-bond donors (Lipinski definition) is 0. The van der Waals surface area contributed by atoms with Gasteiger partial charge in [0.15, 0.2) is 0 Å². The third-order valence-corrected chi connectivity index (χ3v) is 7.34. The largest absolute Gasteiger partial charge is 1.00 e. The van der Waals surface area contributed by atoms with Crippen LogP contribution in [0.3, 0.4) is 0 Å². The number of imidazole rings is 1. The van der Waals surface area contributed by atoms with Gasteiger partial charge in [-0.1, -0.05) is 29.4 Å². The summed E-state index contributed by atoms with van der Waals surface area (Å²) in [4.78, 5) is 53.4. The number of hydrogen-bond acceptors (Lipinski definition) is 6. The molecule has 0 fully saturated rings. The van der Waals surface area contributed by atoms with Gasteiger partial charge < -0.3 is 17.0 Å². The Kier molecular flexibility index (Phi) is 8.67. The van der Waals surface area contributed by atoms with E-state index in [1.807, 2.05) is 21.5 Å². The Morgan fingerprint density at radius 2 is 1.12 bits per heavy atom. The first-order valence-corrected chi connectivity index (χ1v) is 13.6. The van der Waals surface area contributed by atoms with E-state index in [0.29, 0.717) is 59.8 Å². The molecule has 43 heavy (non-hydrogen) atoms. The van der Waals surface area contributed by atoms with Crippen molar-refractivity contribution in [2.45, 2.75) is 25.9 Å². The van der Waals surface area contributed by atoms with Crippen LogP contribution in [0.25, 0.3) is 0 Å². The van der Waals surface area contributed by atoms with Gasteiger partial charge in [0.2, 0.25) is 0 Å². The van der Waals surface area contributed by atoms with E-state index in [1.54, 1.807) is 48.5 Å². The summed E-state index contributed by atoms with van der Waals surface area (Å²) in [5, 5.41) is 8.69. The first-order chi connectivity index (χ1) is 20.4. The minimum absolute atomic E-state index is 0. The molecule has 0 saturated carbocycles. The molecule has 0 bridgehead atoms. The van der Waals surface area contributed by atoms with Crippen LogP contribution in [0.2, 0.25) is 0 Å². The summed E-state index contributed by atoms with van der Waals surface area (Å²) in [5.41, 5.74) is 2.11. The van der Waals surface area contributed by atoms with Gasteiger partial charge >= 0.3 is 5.95 Å². The lowest BCUT2D eigenvalue weighted by atomic mass is 10.1. The Hall–Kier alpha value is -4.84. The molecule has 4 amide bonds. The Bertz CT molecular complexity index is 1580. The molecule has 0 spiro atoms. The van der Waals surface area contributed by atoms with Crippen LogP contribution >= 0.6 is 0 Å². The molecule has 0 radical (unpaired) electrons. The molecule has 10 nitrogen and oxygen atoms in total. The van der Waals surface area contributed by atoms with Gasteiger partial charge in [-0.15, -0.1) is 0 Å². The Balaban J connectivity index is 0.00000368. The number of carbonyl (C=O) groups excluding carboxylic acids is 4. The average Bonchev–Trinajstić information content (AvgIpc) is 3.59. The maximum atomic E-state index is 13.4. The fraction of sp³-hybridized carbons (Fsp3) is 0.194. The maximum Gasteiger partial charge on any atom is 0.421 e. The van der Waals surface area contributed by atoms with E-state index < -0.39 is 0 Å². The van der Waals surface area contributed by atoms with E-state index in [-0.39, 0.29) is 59.5 Å². The molecule has 0 atom stereocenters. The van der Waals surface area contributed by atoms with Crippen molar-refractivity contribution < 1.29 is 45.1 Å². The number of aromatic nitrogens is 2. The highest BCUT2D eigenvalue weighted by Crippen LogP contribution is 2.24. The van der Waals surface area contributed by atoms with Crippen molar-refractivity contribution in [2.24, 2.45) is 10.2 Å². The molecule has 3 heterocycles. The quantitative estimate of drug-likeness (QED) is 0.149. The monoisotopic (exact) mass is 644 g/mol. The Morgan fingerprint density at radius 1 is 0.628 bits per heavy atom. The van der Waals surface area contributed by atoms with Crippen LogP contribution < -0.4 is 21.5 Å². The smallest absolute Gasteiger partial charge is 0.421 e. The lowest BCUT2D eigenvalue weighted by molar-refractivity contribution is -0.684. The fourth-order valence-electron chi connectivity index (χ4n) is 5.22. The number of halogens is 2. The van der Waals surface area contributed by atoms with Crippen molar-refractivity contribution in [1.29, 1.82) is 0 Å².